The van der Waals surface area contributed by atoms with Crippen molar-refractivity contribution in [3.8, 4) is 0 Å². The molecule has 0 bridgehead atoms. The summed E-state index contributed by atoms with van der Waals surface area (Å²) >= 11 is 0. The maximum absolute atomic E-state index is 13.1. The predicted octanol–water partition coefficient (Wildman–Crippen LogP) is 2.02. The van der Waals surface area contributed by atoms with Crippen LogP contribution in [-0.4, -0.2) is 54.1 Å². The maximum Gasteiger partial charge on any atom is 0.243 e. The molecule has 8 nitrogen and oxygen atoms in total. The predicted molar refractivity (Wildman–Crippen MR) is 106 cm³/mol. The molecule has 1 aromatic carbocycles. The first-order chi connectivity index (χ1) is 13.3. The molecule has 1 aromatic heterocycles. The van der Waals surface area contributed by atoms with Crippen LogP contribution in [0.5, 0.6) is 0 Å². The van der Waals surface area contributed by atoms with Crippen LogP contribution in [0.4, 0.5) is 5.82 Å². The second-order valence-corrected chi connectivity index (χ2v) is 8.71. The average Bonchev–Trinajstić information content (AvgIpc) is 3.19. The normalized spacial score (nSPS) is 17.5. The molecule has 1 atom stereocenters. The van der Waals surface area contributed by atoms with E-state index in [0.717, 1.165) is 6.42 Å². The van der Waals surface area contributed by atoms with Gasteiger partial charge in [-0.15, -0.1) is 0 Å². The summed E-state index contributed by atoms with van der Waals surface area (Å²) in [5.74, 6) is 0.983. The molecule has 2 heterocycles. The van der Waals surface area contributed by atoms with Crippen molar-refractivity contribution in [1.82, 2.24) is 19.2 Å². The number of sulfonamides is 1. The molecule has 1 unspecified atom stereocenters. The van der Waals surface area contributed by atoms with Crippen LogP contribution in [-0.2, 0) is 21.4 Å². The van der Waals surface area contributed by atoms with E-state index >= 15 is 0 Å². The number of benzene rings is 1. The lowest BCUT2D eigenvalue weighted by atomic mass is 10.2. The second-order valence-electron chi connectivity index (χ2n) is 6.81. The van der Waals surface area contributed by atoms with Gasteiger partial charge in [0.1, 0.15) is 11.6 Å². The summed E-state index contributed by atoms with van der Waals surface area (Å²) in [6, 6.07) is 9.76. The Hall–Kier alpha value is -2.52. The first-order valence-electron chi connectivity index (χ1n) is 9.17. The minimum Gasteiger partial charge on any atom is -0.373 e. The van der Waals surface area contributed by atoms with Gasteiger partial charge in [-0.05, 0) is 25.0 Å². The molecule has 1 N–H and O–H groups in total. The van der Waals surface area contributed by atoms with Gasteiger partial charge in [-0.3, -0.25) is 4.79 Å². The number of hydrogen-bond acceptors (Lipinski definition) is 6. The molecule has 3 rings (SSSR count). The number of aromatic nitrogens is 2. The number of carbonyl (C=O) groups excluding carboxylic acids is 1. The molecule has 1 amide bonds. The quantitative estimate of drug-likeness (QED) is 0.793. The van der Waals surface area contributed by atoms with E-state index in [2.05, 4.69) is 15.3 Å². The lowest BCUT2D eigenvalue weighted by Gasteiger charge is -2.24. The van der Waals surface area contributed by atoms with E-state index in [-0.39, 0.29) is 10.8 Å². The van der Waals surface area contributed by atoms with Gasteiger partial charge in [0.25, 0.3) is 0 Å². The second kappa shape index (κ2) is 8.24. The smallest absolute Gasteiger partial charge is 0.243 e. The molecule has 150 valence electrons. The zero-order valence-corrected chi connectivity index (χ0v) is 17.1. The number of amides is 1. The first-order valence-corrected chi connectivity index (χ1v) is 10.6. The highest BCUT2D eigenvalue weighted by molar-refractivity contribution is 7.89. The van der Waals surface area contributed by atoms with Crippen molar-refractivity contribution in [2.24, 2.45) is 0 Å². The van der Waals surface area contributed by atoms with Crippen molar-refractivity contribution >= 4 is 21.7 Å². The molecule has 0 spiro atoms. The fourth-order valence-corrected chi connectivity index (χ4v) is 4.92. The molecule has 0 radical (unpaired) electrons. The molecular formula is C19H25N5O3S. The minimum atomic E-state index is -3.64. The molecular weight excluding hydrogens is 378 g/mol. The molecule has 1 aliphatic heterocycles. The van der Waals surface area contributed by atoms with E-state index in [1.54, 1.807) is 55.4 Å². The highest BCUT2D eigenvalue weighted by Crippen LogP contribution is 2.35. The van der Waals surface area contributed by atoms with Crippen LogP contribution in [0.25, 0.3) is 0 Å². The Morgan fingerprint density at radius 2 is 2.00 bits per heavy atom. The van der Waals surface area contributed by atoms with Crippen LogP contribution >= 0.6 is 0 Å². The zero-order chi connectivity index (χ0) is 20.3. The van der Waals surface area contributed by atoms with E-state index in [0.29, 0.717) is 36.8 Å². The van der Waals surface area contributed by atoms with Crippen LogP contribution < -0.4 is 5.32 Å². The van der Waals surface area contributed by atoms with E-state index in [1.807, 2.05) is 0 Å². The highest BCUT2D eigenvalue weighted by atomic mass is 32.2. The van der Waals surface area contributed by atoms with Crippen LogP contribution in [0.2, 0.25) is 0 Å². The van der Waals surface area contributed by atoms with Gasteiger partial charge in [-0.25, -0.2) is 18.4 Å². The topological polar surface area (TPSA) is 95.5 Å². The van der Waals surface area contributed by atoms with Crippen molar-refractivity contribution in [3.05, 3.63) is 47.9 Å². The van der Waals surface area contributed by atoms with Crippen molar-refractivity contribution in [2.75, 3.05) is 26.0 Å². The van der Waals surface area contributed by atoms with Crippen molar-refractivity contribution in [2.45, 2.75) is 37.2 Å². The minimum absolute atomic E-state index is 0.0691. The summed E-state index contributed by atoms with van der Waals surface area (Å²) < 4.78 is 27.7. The van der Waals surface area contributed by atoms with Gasteiger partial charge in [0.15, 0.2) is 0 Å². The third-order valence-corrected chi connectivity index (χ3v) is 6.76. The SMILES string of the molecule is CNc1cc(CN(C)C(C)=O)nc(C2CCCN2S(=O)(=O)c2ccccc2)n1. The van der Waals surface area contributed by atoms with Gasteiger partial charge in [0.05, 0.1) is 23.2 Å². The Kier molecular flexibility index (Phi) is 5.95. The van der Waals surface area contributed by atoms with E-state index in [9.17, 15) is 13.2 Å². The molecule has 2 aromatic rings. The van der Waals surface area contributed by atoms with Gasteiger partial charge in [0, 0.05) is 33.6 Å². The molecule has 0 aliphatic carbocycles. The van der Waals surface area contributed by atoms with Crippen molar-refractivity contribution in [1.29, 1.82) is 0 Å². The largest absolute Gasteiger partial charge is 0.373 e. The van der Waals surface area contributed by atoms with Crippen LogP contribution in [0.3, 0.4) is 0 Å². The fraction of sp³-hybridized carbons (Fsp3) is 0.421. The van der Waals surface area contributed by atoms with Crippen LogP contribution in [0.1, 0.15) is 37.3 Å². The summed E-state index contributed by atoms with van der Waals surface area (Å²) in [5.41, 5.74) is 0.663. The molecule has 0 saturated carbocycles. The highest BCUT2D eigenvalue weighted by Gasteiger charge is 2.38. The Labute approximate surface area is 165 Å². The van der Waals surface area contributed by atoms with E-state index in [4.69, 9.17) is 0 Å². The van der Waals surface area contributed by atoms with E-state index < -0.39 is 16.1 Å². The summed E-state index contributed by atoms with van der Waals surface area (Å²) in [7, 11) is -0.190. The monoisotopic (exact) mass is 403 g/mol. The average molecular weight is 404 g/mol. The lowest BCUT2D eigenvalue weighted by Crippen LogP contribution is -2.32. The number of nitrogens with one attached hydrogen (secondary N) is 1. The summed E-state index contributed by atoms with van der Waals surface area (Å²) in [6.07, 6.45) is 1.40. The molecule has 1 fully saturated rings. The van der Waals surface area contributed by atoms with Gasteiger partial charge in [-0.2, -0.15) is 4.31 Å². The fourth-order valence-electron chi connectivity index (χ4n) is 3.24. The number of carbonyl (C=O) groups is 1. The number of hydrogen-bond donors (Lipinski definition) is 1. The van der Waals surface area contributed by atoms with Crippen LogP contribution in [0, 0.1) is 0 Å². The number of nitrogens with zero attached hydrogens (tertiary/aromatic N) is 4. The van der Waals surface area contributed by atoms with Gasteiger partial charge in [0.2, 0.25) is 15.9 Å². The molecule has 9 heteroatoms. The van der Waals surface area contributed by atoms with Crippen LogP contribution in [0.15, 0.2) is 41.3 Å². The van der Waals surface area contributed by atoms with Gasteiger partial charge in [-0.1, -0.05) is 18.2 Å². The van der Waals surface area contributed by atoms with Gasteiger partial charge >= 0.3 is 0 Å². The first kappa shape index (κ1) is 20.2. The Morgan fingerprint density at radius 3 is 2.64 bits per heavy atom. The summed E-state index contributed by atoms with van der Waals surface area (Å²) in [4.78, 5) is 22.5. The number of rotatable bonds is 6. The number of anilines is 1. The zero-order valence-electron chi connectivity index (χ0n) is 16.3. The lowest BCUT2D eigenvalue weighted by molar-refractivity contribution is -0.128. The maximum atomic E-state index is 13.1. The molecule has 1 saturated heterocycles. The third-order valence-electron chi connectivity index (χ3n) is 4.84. The van der Waals surface area contributed by atoms with E-state index in [1.165, 1.54) is 11.2 Å². The van der Waals surface area contributed by atoms with Crippen molar-refractivity contribution in [3.63, 3.8) is 0 Å². The summed E-state index contributed by atoms with van der Waals surface area (Å²) in [5, 5.41) is 3.00. The Morgan fingerprint density at radius 1 is 1.29 bits per heavy atom. The standard InChI is InChI=1S/C19H25N5O3S/c1-14(25)23(3)13-15-12-18(20-2)22-19(21-15)17-10-7-11-24(17)28(26,27)16-8-5-4-6-9-16/h4-6,8-9,12,17H,7,10-11,13H2,1-3H3,(H,20,21,22). The molecule has 28 heavy (non-hydrogen) atoms. The summed E-state index contributed by atoms with van der Waals surface area (Å²) in [6.45, 7) is 2.25. The Balaban J connectivity index is 1.96. The third kappa shape index (κ3) is 4.15. The van der Waals surface area contributed by atoms with Gasteiger partial charge < -0.3 is 10.2 Å². The molecule has 1 aliphatic rings. The van der Waals surface area contributed by atoms with Crippen molar-refractivity contribution < 1.29 is 13.2 Å². The Bertz CT molecular complexity index is 949.